The van der Waals surface area contributed by atoms with E-state index in [1.165, 1.54) is 38.6 Å². The molecule has 18 heavy (non-hydrogen) atoms. The summed E-state index contributed by atoms with van der Waals surface area (Å²) in [6, 6.07) is 1.39. The third-order valence-corrected chi connectivity index (χ3v) is 3.12. The first kappa shape index (κ1) is 12.7. The van der Waals surface area contributed by atoms with Crippen LogP contribution in [0, 0.1) is 0 Å². The molecule has 1 N–H and O–H groups in total. The number of ether oxygens (including phenoxy) is 2. The predicted molar refractivity (Wildman–Crippen MR) is 65.2 cm³/mol. The highest BCUT2D eigenvalue weighted by Crippen LogP contribution is 2.30. The van der Waals surface area contributed by atoms with Crippen molar-refractivity contribution in [2.24, 2.45) is 0 Å². The van der Waals surface area contributed by atoms with Crippen molar-refractivity contribution in [2.75, 3.05) is 7.11 Å². The Balaban J connectivity index is 2.13. The van der Waals surface area contributed by atoms with Gasteiger partial charge in [0.15, 0.2) is 17.2 Å². The lowest BCUT2D eigenvalue weighted by Gasteiger charge is -2.23. The molecule has 1 aromatic heterocycles. The summed E-state index contributed by atoms with van der Waals surface area (Å²) in [5, 5.41) is 8.86. The van der Waals surface area contributed by atoms with Crippen molar-refractivity contribution >= 4 is 5.97 Å². The van der Waals surface area contributed by atoms with E-state index in [2.05, 4.69) is 4.98 Å². The van der Waals surface area contributed by atoms with Crippen LogP contribution >= 0.6 is 0 Å². The fraction of sp³-hybridized carbons (Fsp3) is 0.538. The number of methoxy groups -OCH3 is 1. The molecule has 0 amide bonds. The first-order chi connectivity index (χ1) is 8.70. The van der Waals surface area contributed by atoms with Crippen LogP contribution < -0.4 is 9.47 Å². The van der Waals surface area contributed by atoms with Gasteiger partial charge < -0.3 is 14.6 Å². The Morgan fingerprint density at radius 3 is 2.67 bits per heavy atom. The van der Waals surface area contributed by atoms with E-state index in [0.29, 0.717) is 11.5 Å². The molecular weight excluding hydrogens is 234 g/mol. The summed E-state index contributed by atoms with van der Waals surface area (Å²) in [4.78, 5) is 14.7. The van der Waals surface area contributed by atoms with E-state index in [-0.39, 0.29) is 11.8 Å². The summed E-state index contributed by atoms with van der Waals surface area (Å²) in [5.74, 6) is -0.125. The van der Waals surface area contributed by atoms with Crippen LogP contribution in [0.15, 0.2) is 12.3 Å². The first-order valence-corrected chi connectivity index (χ1v) is 6.14. The molecule has 1 heterocycles. The number of rotatable bonds is 4. The molecule has 1 aromatic rings. The largest absolute Gasteiger partial charge is 0.493 e. The minimum absolute atomic E-state index is 0.0390. The van der Waals surface area contributed by atoms with Crippen molar-refractivity contribution in [1.29, 1.82) is 0 Å². The Morgan fingerprint density at radius 2 is 2.06 bits per heavy atom. The van der Waals surface area contributed by atoms with Gasteiger partial charge in [-0.1, -0.05) is 6.42 Å². The minimum atomic E-state index is -1.07. The van der Waals surface area contributed by atoms with Crippen molar-refractivity contribution in [1.82, 2.24) is 4.98 Å². The van der Waals surface area contributed by atoms with Gasteiger partial charge in [-0.3, -0.25) is 0 Å². The standard InChI is InChI=1S/C13H17NO4/c1-17-11-7-10(13(15)16)14-8-12(11)18-9-5-3-2-4-6-9/h7-9H,2-6H2,1H3,(H,15,16). The molecule has 0 atom stereocenters. The fourth-order valence-corrected chi connectivity index (χ4v) is 2.15. The normalized spacial score (nSPS) is 16.3. The SMILES string of the molecule is COc1cc(C(=O)O)ncc1OC1CCCCC1. The molecule has 0 saturated heterocycles. The highest BCUT2D eigenvalue weighted by atomic mass is 16.5. The molecule has 1 aliphatic carbocycles. The fourth-order valence-electron chi connectivity index (χ4n) is 2.15. The van der Waals surface area contributed by atoms with Gasteiger partial charge in [-0.2, -0.15) is 0 Å². The molecule has 0 radical (unpaired) electrons. The van der Waals surface area contributed by atoms with E-state index < -0.39 is 5.97 Å². The van der Waals surface area contributed by atoms with Gasteiger partial charge in [-0.05, 0) is 25.7 Å². The molecule has 5 heteroatoms. The molecule has 1 fully saturated rings. The lowest BCUT2D eigenvalue weighted by molar-refractivity contribution is 0.0689. The Labute approximate surface area is 106 Å². The Morgan fingerprint density at radius 1 is 1.33 bits per heavy atom. The second-order valence-electron chi connectivity index (χ2n) is 4.40. The van der Waals surface area contributed by atoms with E-state index in [1.54, 1.807) is 0 Å². The summed E-state index contributed by atoms with van der Waals surface area (Å²) in [6.07, 6.45) is 7.28. The monoisotopic (exact) mass is 251 g/mol. The van der Waals surface area contributed by atoms with E-state index in [0.717, 1.165) is 12.8 Å². The average molecular weight is 251 g/mol. The minimum Gasteiger partial charge on any atom is -0.493 e. The third-order valence-electron chi connectivity index (χ3n) is 3.12. The zero-order valence-electron chi connectivity index (χ0n) is 10.4. The summed E-state index contributed by atoms with van der Waals surface area (Å²) in [5.41, 5.74) is -0.0390. The van der Waals surface area contributed by atoms with Gasteiger partial charge in [-0.25, -0.2) is 9.78 Å². The molecule has 0 unspecified atom stereocenters. The molecule has 0 bridgehead atoms. The third kappa shape index (κ3) is 2.91. The van der Waals surface area contributed by atoms with E-state index in [1.807, 2.05) is 0 Å². The van der Waals surface area contributed by atoms with Crippen LogP contribution in [0.1, 0.15) is 42.6 Å². The number of carboxylic acid groups (broad SMARTS) is 1. The molecule has 0 spiro atoms. The molecular formula is C13H17NO4. The smallest absolute Gasteiger partial charge is 0.354 e. The Bertz CT molecular complexity index is 427. The molecule has 0 aliphatic heterocycles. The quantitative estimate of drug-likeness (QED) is 0.890. The van der Waals surface area contributed by atoms with E-state index >= 15 is 0 Å². The van der Waals surface area contributed by atoms with Gasteiger partial charge in [0.05, 0.1) is 19.4 Å². The highest BCUT2D eigenvalue weighted by molar-refractivity contribution is 5.86. The lowest BCUT2D eigenvalue weighted by atomic mass is 9.98. The Hall–Kier alpha value is -1.78. The number of carboxylic acids is 1. The molecule has 98 valence electrons. The second kappa shape index (κ2) is 5.71. The number of aromatic carboxylic acids is 1. The summed E-state index contributed by atoms with van der Waals surface area (Å²) in [7, 11) is 1.49. The van der Waals surface area contributed by atoms with Crippen LogP contribution in [0.25, 0.3) is 0 Å². The maximum Gasteiger partial charge on any atom is 0.354 e. The van der Waals surface area contributed by atoms with Crippen molar-refractivity contribution in [3.8, 4) is 11.5 Å². The van der Waals surface area contributed by atoms with Crippen LogP contribution in [-0.2, 0) is 0 Å². The number of carbonyl (C=O) groups is 1. The first-order valence-electron chi connectivity index (χ1n) is 6.14. The van der Waals surface area contributed by atoms with Crippen LogP contribution in [0.2, 0.25) is 0 Å². The second-order valence-corrected chi connectivity index (χ2v) is 4.40. The molecule has 2 rings (SSSR count). The van der Waals surface area contributed by atoms with Gasteiger partial charge in [0.25, 0.3) is 0 Å². The lowest BCUT2D eigenvalue weighted by Crippen LogP contribution is -2.20. The van der Waals surface area contributed by atoms with Crippen LogP contribution in [0.3, 0.4) is 0 Å². The Kier molecular flexibility index (Phi) is 4.02. The topological polar surface area (TPSA) is 68.7 Å². The number of pyridine rings is 1. The molecule has 0 aromatic carbocycles. The van der Waals surface area contributed by atoms with Crippen molar-refractivity contribution in [3.63, 3.8) is 0 Å². The highest BCUT2D eigenvalue weighted by Gasteiger charge is 2.18. The molecule has 1 aliphatic rings. The molecule has 5 nitrogen and oxygen atoms in total. The number of hydrogen-bond acceptors (Lipinski definition) is 4. The molecule has 1 saturated carbocycles. The zero-order valence-corrected chi connectivity index (χ0v) is 10.4. The summed E-state index contributed by atoms with van der Waals surface area (Å²) in [6.45, 7) is 0. The maximum atomic E-state index is 10.8. The summed E-state index contributed by atoms with van der Waals surface area (Å²) >= 11 is 0. The summed E-state index contributed by atoms with van der Waals surface area (Å²) < 4.78 is 11.0. The van der Waals surface area contributed by atoms with Crippen LogP contribution in [0.4, 0.5) is 0 Å². The van der Waals surface area contributed by atoms with Crippen molar-refractivity contribution < 1.29 is 19.4 Å². The van der Waals surface area contributed by atoms with Gasteiger partial charge in [0.2, 0.25) is 0 Å². The van der Waals surface area contributed by atoms with Crippen molar-refractivity contribution in [3.05, 3.63) is 18.0 Å². The predicted octanol–water partition coefficient (Wildman–Crippen LogP) is 2.50. The average Bonchev–Trinajstić information content (AvgIpc) is 2.40. The van der Waals surface area contributed by atoms with E-state index in [9.17, 15) is 4.79 Å². The number of hydrogen-bond donors (Lipinski definition) is 1. The number of nitrogens with zero attached hydrogens (tertiary/aromatic N) is 1. The number of aromatic nitrogens is 1. The maximum absolute atomic E-state index is 10.8. The van der Waals surface area contributed by atoms with Gasteiger partial charge >= 0.3 is 5.97 Å². The van der Waals surface area contributed by atoms with E-state index in [4.69, 9.17) is 14.6 Å². The van der Waals surface area contributed by atoms with Gasteiger partial charge in [0.1, 0.15) is 0 Å². The van der Waals surface area contributed by atoms with Crippen LogP contribution in [0.5, 0.6) is 11.5 Å². The zero-order chi connectivity index (χ0) is 13.0. The van der Waals surface area contributed by atoms with Crippen molar-refractivity contribution in [2.45, 2.75) is 38.2 Å². The van der Waals surface area contributed by atoms with Gasteiger partial charge in [-0.15, -0.1) is 0 Å². The van der Waals surface area contributed by atoms with Gasteiger partial charge in [0, 0.05) is 6.07 Å². The van der Waals surface area contributed by atoms with Crippen LogP contribution in [-0.4, -0.2) is 29.3 Å².